The lowest BCUT2D eigenvalue weighted by Gasteiger charge is -2.29. The summed E-state index contributed by atoms with van der Waals surface area (Å²) in [7, 11) is 4.83. The summed E-state index contributed by atoms with van der Waals surface area (Å²) in [5, 5.41) is 5.15. The van der Waals surface area contributed by atoms with Crippen molar-refractivity contribution in [2.75, 3.05) is 34.5 Å². The molecule has 1 aliphatic heterocycles. The average Bonchev–Trinajstić information content (AvgIpc) is 3.25. The van der Waals surface area contributed by atoms with Gasteiger partial charge in [0.25, 0.3) is 0 Å². The van der Waals surface area contributed by atoms with Crippen LogP contribution in [0.25, 0.3) is 10.2 Å². The molecule has 9 nitrogen and oxygen atoms in total. The number of carbonyl (C=O) groups excluding carboxylic acids is 1. The van der Waals surface area contributed by atoms with Crippen LogP contribution in [0.5, 0.6) is 5.75 Å². The molecule has 0 bridgehead atoms. The highest BCUT2D eigenvalue weighted by molar-refractivity contribution is 7.20. The van der Waals surface area contributed by atoms with Crippen LogP contribution in [0.2, 0.25) is 0 Å². The van der Waals surface area contributed by atoms with E-state index < -0.39 is 6.10 Å². The quantitative estimate of drug-likeness (QED) is 0.245. The average molecular weight is 514 g/mol. The first-order valence-electron chi connectivity index (χ1n) is 11.9. The number of rotatable bonds is 9. The van der Waals surface area contributed by atoms with E-state index in [-0.39, 0.29) is 23.6 Å². The second kappa shape index (κ2) is 11.8. The van der Waals surface area contributed by atoms with Gasteiger partial charge in [-0.05, 0) is 31.4 Å². The zero-order chi connectivity index (χ0) is 25.7. The molecule has 0 aliphatic carbocycles. The first kappa shape index (κ1) is 26.0. The lowest BCUT2D eigenvalue weighted by molar-refractivity contribution is -0.107. The molecule has 0 saturated carbocycles. The molecule has 1 saturated heterocycles. The van der Waals surface area contributed by atoms with Crippen molar-refractivity contribution in [3.63, 3.8) is 0 Å². The summed E-state index contributed by atoms with van der Waals surface area (Å²) in [4.78, 5) is 30.3. The van der Waals surface area contributed by atoms with Crippen LogP contribution in [0.4, 0.5) is 0 Å². The fourth-order valence-electron chi connectivity index (χ4n) is 4.50. The molecule has 0 amide bonds. The van der Waals surface area contributed by atoms with E-state index in [4.69, 9.17) is 18.9 Å². The fraction of sp³-hybridized carbons (Fsp3) is 0.462. The number of aromatic nitrogens is 2. The Labute approximate surface area is 213 Å². The molecule has 36 heavy (non-hydrogen) atoms. The van der Waals surface area contributed by atoms with Gasteiger partial charge in [0.15, 0.2) is 0 Å². The lowest BCUT2D eigenvalue weighted by atomic mass is 10.1. The van der Waals surface area contributed by atoms with Gasteiger partial charge in [-0.2, -0.15) is 5.10 Å². The van der Waals surface area contributed by atoms with E-state index in [2.05, 4.69) is 10.1 Å². The summed E-state index contributed by atoms with van der Waals surface area (Å²) in [5.74, 6) is 1.15. The van der Waals surface area contributed by atoms with Crippen LogP contribution < -0.4 is 10.2 Å². The second-order valence-electron chi connectivity index (χ2n) is 8.48. The van der Waals surface area contributed by atoms with Crippen LogP contribution in [0.3, 0.4) is 0 Å². The maximum absolute atomic E-state index is 13.3. The van der Waals surface area contributed by atoms with Gasteiger partial charge in [0, 0.05) is 25.8 Å². The van der Waals surface area contributed by atoms with Gasteiger partial charge >= 0.3 is 0 Å². The molecule has 10 heteroatoms. The van der Waals surface area contributed by atoms with E-state index in [1.807, 2.05) is 31.2 Å². The minimum absolute atomic E-state index is 0.0194. The number of methoxy groups -OCH3 is 2. The van der Waals surface area contributed by atoms with Crippen LogP contribution in [0, 0.1) is 6.92 Å². The Hall–Kier alpha value is -3.08. The summed E-state index contributed by atoms with van der Waals surface area (Å²) in [6.07, 6.45) is 1.83. The Bertz CT molecular complexity index is 1310. The number of ether oxygens (including phenoxy) is 4. The van der Waals surface area contributed by atoms with Crippen molar-refractivity contribution >= 4 is 33.7 Å². The molecule has 0 N–H and O–H groups in total. The number of aryl methyl sites for hydroxylation is 1. The number of benzene rings is 1. The van der Waals surface area contributed by atoms with Gasteiger partial charge in [0.05, 0.1) is 43.6 Å². The number of thiophene rings is 1. The zero-order valence-corrected chi connectivity index (χ0v) is 21.8. The van der Waals surface area contributed by atoms with Crippen LogP contribution in [-0.4, -0.2) is 62.5 Å². The third-order valence-electron chi connectivity index (χ3n) is 6.31. The van der Waals surface area contributed by atoms with Gasteiger partial charge in [-0.25, -0.2) is 0 Å². The van der Waals surface area contributed by atoms with Gasteiger partial charge in [-0.15, -0.1) is 11.3 Å². The molecule has 1 fully saturated rings. The molecule has 0 spiro atoms. The molecule has 1 aliphatic rings. The highest BCUT2D eigenvalue weighted by Crippen LogP contribution is 2.34. The number of carbonyl (C=O) groups is 1. The van der Waals surface area contributed by atoms with E-state index in [1.165, 1.54) is 11.3 Å². The van der Waals surface area contributed by atoms with Crippen molar-refractivity contribution in [1.82, 2.24) is 9.78 Å². The standard InChI is InChI=1S/C26H31N3O6S/c1-16-22-23(31)19(9-12-30)28-29(26(22)36-24(16)25(27-2)33-4)15-21(35-17-10-13-34-14-11-17)18-7-5-6-8-20(18)32-3/h5-8,12,17,21H,9-11,13-15H2,1-4H3. The van der Waals surface area contributed by atoms with Crippen molar-refractivity contribution in [2.45, 2.75) is 44.9 Å². The Morgan fingerprint density at radius 1 is 1.31 bits per heavy atom. The fourth-order valence-corrected chi connectivity index (χ4v) is 5.78. The molecule has 3 heterocycles. The number of aliphatic imine (C=N–C) groups is 1. The molecular formula is C26H31N3O6S. The lowest BCUT2D eigenvalue weighted by Crippen LogP contribution is -2.28. The van der Waals surface area contributed by atoms with Crippen molar-refractivity contribution < 1.29 is 23.7 Å². The summed E-state index contributed by atoms with van der Waals surface area (Å²) >= 11 is 1.39. The SMILES string of the molecule is CN=C(OC)c1sc2c(c1C)c(=O)c(CC=O)nn2CC(OC1CCOCC1)c1ccccc1OC. The van der Waals surface area contributed by atoms with Gasteiger partial charge in [-0.1, -0.05) is 18.2 Å². The first-order chi connectivity index (χ1) is 17.5. The van der Waals surface area contributed by atoms with Crippen LogP contribution in [0.15, 0.2) is 34.1 Å². The van der Waals surface area contributed by atoms with E-state index in [0.29, 0.717) is 47.9 Å². The number of hydrogen-bond acceptors (Lipinski definition) is 9. The summed E-state index contributed by atoms with van der Waals surface area (Å²) < 4.78 is 25.0. The highest BCUT2D eigenvalue weighted by Gasteiger charge is 2.27. The highest BCUT2D eigenvalue weighted by atomic mass is 32.1. The molecule has 1 atom stereocenters. The number of nitrogens with zero attached hydrogens (tertiary/aromatic N) is 3. The number of para-hydroxylation sites is 1. The summed E-state index contributed by atoms with van der Waals surface area (Å²) in [6, 6.07) is 7.74. The zero-order valence-electron chi connectivity index (χ0n) is 21.0. The predicted octanol–water partition coefficient (Wildman–Crippen LogP) is 3.48. The van der Waals surface area contributed by atoms with E-state index >= 15 is 0 Å². The van der Waals surface area contributed by atoms with E-state index in [1.54, 1.807) is 25.9 Å². The third-order valence-corrected chi connectivity index (χ3v) is 7.60. The molecule has 1 aromatic carbocycles. The van der Waals surface area contributed by atoms with Crippen molar-refractivity contribution in [1.29, 1.82) is 0 Å². The smallest absolute Gasteiger partial charge is 0.226 e. The number of fused-ring (bicyclic) bond motifs is 1. The largest absolute Gasteiger partial charge is 0.496 e. The Balaban J connectivity index is 1.86. The van der Waals surface area contributed by atoms with Crippen LogP contribution in [0.1, 0.15) is 40.6 Å². The molecule has 1 unspecified atom stereocenters. The molecule has 192 valence electrons. The maximum atomic E-state index is 13.3. The van der Waals surface area contributed by atoms with Crippen molar-refractivity contribution in [3.05, 3.63) is 56.2 Å². The second-order valence-corrected chi connectivity index (χ2v) is 9.48. The summed E-state index contributed by atoms with van der Waals surface area (Å²) in [5.41, 5.74) is 1.59. The van der Waals surface area contributed by atoms with Crippen LogP contribution >= 0.6 is 11.3 Å². The normalized spacial score (nSPS) is 15.7. The Morgan fingerprint density at radius 3 is 2.72 bits per heavy atom. The van der Waals surface area contributed by atoms with Gasteiger partial charge in [0.2, 0.25) is 11.3 Å². The number of aldehydes is 1. The number of hydrogen-bond donors (Lipinski definition) is 0. The third kappa shape index (κ3) is 5.21. The Morgan fingerprint density at radius 2 is 2.06 bits per heavy atom. The molecule has 2 aromatic heterocycles. The molecule has 4 rings (SSSR count). The van der Waals surface area contributed by atoms with Crippen molar-refractivity contribution in [3.8, 4) is 5.75 Å². The molecule has 3 aromatic rings. The van der Waals surface area contributed by atoms with Gasteiger partial charge in [0.1, 0.15) is 28.7 Å². The topological polar surface area (TPSA) is 101 Å². The van der Waals surface area contributed by atoms with Gasteiger partial charge < -0.3 is 23.7 Å². The summed E-state index contributed by atoms with van der Waals surface area (Å²) in [6.45, 7) is 3.49. The minimum atomic E-state index is -0.404. The van der Waals surface area contributed by atoms with Gasteiger partial charge in [-0.3, -0.25) is 14.5 Å². The molecular weight excluding hydrogens is 482 g/mol. The van der Waals surface area contributed by atoms with E-state index in [9.17, 15) is 9.59 Å². The minimum Gasteiger partial charge on any atom is -0.496 e. The van der Waals surface area contributed by atoms with Crippen molar-refractivity contribution in [2.24, 2.45) is 4.99 Å². The first-order valence-corrected chi connectivity index (χ1v) is 12.7. The van der Waals surface area contributed by atoms with Crippen LogP contribution in [-0.2, 0) is 32.0 Å². The Kier molecular flexibility index (Phi) is 8.50. The molecule has 0 radical (unpaired) electrons. The predicted molar refractivity (Wildman–Crippen MR) is 139 cm³/mol. The maximum Gasteiger partial charge on any atom is 0.226 e. The monoisotopic (exact) mass is 513 g/mol. The van der Waals surface area contributed by atoms with E-state index in [0.717, 1.165) is 28.8 Å².